The average Bonchev–Trinajstić information content (AvgIpc) is 3.04. The maximum atomic E-state index is 7.01. The number of para-hydroxylation sites is 2. The lowest BCUT2D eigenvalue weighted by Gasteiger charge is -2.34. The first-order chi connectivity index (χ1) is 25.3. The van der Waals surface area contributed by atoms with Crippen LogP contribution in [0.3, 0.4) is 0 Å². The zero-order valence-electron chi connectivity index (χ0n) is 37.0. The summed E-state index contributed by atoms with van der Waals surface area (Å²) in [4.78, 5) is 0. The monoisotopic (exact) mass is 786 g/mol. The van der Waals surface area contributed by atoms with Crippen molar-refractivity contribution in [3.8, 4) is 39.9 Å². The van der Waals surface area contributed by atoms with E-state index in [0.717, 1.165) is 73.3 Å². The van der Waals surface area contributed by atoms with E-state index in [2.05, 4.69) is 161 Å². The number of benzene rings is 4. The molecule has 0 N–H and O–H groups in total. The minimum Gasteiger partial charge on any atom is -0.488 e. The van der Waals surface area contributed by atoms with Gasteiger partial charge in [-0.05, 0) is 103 Å². The Morgan fingerprint density at radius 3 is 1.22 bits per heavy atom. The number of hydrogen-bond acceptors (Lipinski definition) is 5. The summed E-state index contributed by atoms with van der Waals surface area (Å²) in [6, 6.07) is 21.0. The van der Waals surface area contributed by atoms with Crippen molar-refractivity contribution in [2.45, 2.75) is 158 Å². The molecule has 300 valence electrons. The summed E-state index contributed by atoms with van der Waals surface area (Å²) in [7, 11) is -0.560. The SMILES string of the molecule is Cc1c(OC(C)(C)C)cc(C(C)(C)C)c(OPOc2ccccc2C(C)C)c1-c1c(C)c(C(C)(C)C)cc(C(C)(C)C)c1OPOc1ccccc1C(C)C. The standard InChI is InChI=1S/C48H68O5P2/c1-29(2)33-23-19-21-25-38(33)50-54-52-43-36(46(10,11)12)27-35(45(7,8)9)31(5)41(43)42-32(6)40(49-48(16,17)18)28-37(47(13,14)15)44(42)53-55-51-39-26-22-20-24-34(39)30(3)4/h19-30,54-55H,1-18H3. The Morgan fingerprint density at radius 2 is 0.836 bits per heavy atom. The van der Waals surface area contributed by atoms with E-state index < -0.39 is 5.60 Å². The molecule has 4 rings (SSSR count). The lowest BCUT2D eigenvalue weighted by Crippen LogP contribution is -2.24. The summed E-state index contributed by atoms with van der Waals surface area (Å²) in [6.07, 6.45) is 0. The quantitative estimate of drug-likeness (QED) is 0.134. The molecule has 0 spiro atoms. The van der Waals surface area contributed by atoms with Crippen molar-refractivity contribution in [3.05, 3.63) is 99.6 Å². The molecule has 0 saturated carbocycles. The van der Waals surface area contributed by atoms with Crippen LogP contribution < -0.4 is 22.8 Å². The van der Waals surface area contributed by atoms with Crippen molar-refractivity contribution in [2.24, 2.45) is 0 Å². The second-order valence-electron chi connectivity index (χ2n) is 19.5. The van der Waals surface area contributed by atoms with Gasteiger partial charge in [0.05, 0.1) is 0 Å². The Labute approximate surface area is 337 Å². The van der Waals surface area contributed by atoms with Crippen LogP contribution in [0, 0.1) is 13.8 Å². The summed E-state index contributed by atoms with van der Waals surface area (Å²) in [6.45, 7) is 39.7. The van der Waals surface area contributed by atoms with Crippen LogP contribution in [0.4, 0.5) is 0 Å². The van der Waals surface area contributed by atoms with Crippen molar-refractivity contribution in [3.63, 3.8) is 0 Å². The fraction of sp³-hybridized carbons (Fsp3) is 0.500. The van der Waals surface area contributed by atoms with Crippen LogP contribution in [0.5, 0.6) is 28.7 Å². The summed E-state index contributed by atoms with van der Waals surface area (Å²) >= 11 is 0. The fourth-order valence-corrected chi connectivity index (χ4v) is 8.18. The van der Waals surface area contributed by atoms with Gasteiger partial charge in [-0.2, -0.15) is 0 Å². The van der Waals surface area contributed by atoms with Gasteiger partial charge in [0, 0.05) is 27.8 Å². The van der Waals surface area contributed by atoms with Gasteiger partial charge in [-0.15, -0.1) is 0 Å². The number of hydrogen-bond donors (Lipinski definition) is 0. The largest absolute Gasteiger partial charge is 0.488 e. The molecular weight excluding hydrogens is 718 g/mol. The van der Waals surface area contributed by atoms with Crippen LogP contribution in [0.1, 0.15) is 162 Å². The molecule has 4 aromatic rings. The molecule has 0 aliphatic rings. The summed E-state index contributed by atoms with van der Waals surface area (Å²) in [5.74, 6) is 4.70. The van der Waals surface area contributed by atoms with Crippen molar-refractivity contribution in [1.29, 1.82) is 0 Å². The first-order valence-corrected chi connectivity index (χ1v) is 21.4. The van der Waals surface area contributed by atoms with Gasteiger partial charge in [0.2, 0.25) is 0 Å². The van der Waals surface area contributed by atoms with E-state index in [1.165, 1.54) is 5.56 Å². The van der Waals surface area contributed by atoms with Crippen LogP contribution in [0.25, 0.3) is 11.1 Å². The third-order valence-electron chi connectivity index (χ3n) is 9.79. The zero-order chi connectivity index (χ0) is 41.3. The number of rotatable bonds is 12. The normalized spacial score (nSPS) is 13.1. The summed E-state index contributed by atoms with van der Waals surface area (Å²) in [5, 5.41) is 0. The third-order valence-corrected chi connectivity index (χ3v) is 11.0. The van der Waals surface area contributed by atoms with Crippen LogP contribution in [-0.2, 0) is 16.2 Å². The van der Waals surface area contributed by atoms with Crippen molar-refractivity contribution in [2.75, 3.05) is 0 Å². The Bertz CT molecular complexity index is 1950. The average molecular weight is 787 g/mol. The molecule has 0 aromatic heterocycles. The molecule has 0 amide bonds. The van der Waals surface area contributed by atoms with Crippen LogP contribution in [0.2, 0.25) is 0 Å². The molecule has 0 aliphatic heterocycles. The molecule has 2 atom stereocenters. The van der Waals surface area contributed by atoms with Crippen LogP contribution >= 0.6 is 18.1 Å². The molecule has 7 heteroatoms. The van der Waals surface area contributed by atoms with Gasteiger partial charge in [-0.3, -0.25) is 0 Å². The van der Waals surface area contributed by atoms with Gasteiger partial charge in [0.25, 0.3) is 18.1 Å². The predicted octanol–water partition coefficient (Wildman–Crippen LogP) is 15.2. The van der Waals surface area contributed by atoms with E-state index in [-0.39, 0.29) is 34.3 Å². The highest BCUT2D eigenvalue weighted by Gasteiger charge is 2.35. The van der Waals surface area contributed by atoms with E-state index in [1.54, 1.807) is 0 Å². The second kappa shape index (κ2) is 17.1. The Morgan fingerprint density at radius 1 is 0.455 bits per heavy atom. The third kappa shape index (κ3) is 10.8. The molecule has 4 aromatic carbocycles. The second-order valence-corrected chi connectivity index (χ2v) is 20.6. The molecular formula is C48H68O5P2. The summed E-state index contributed by atoms with van der Waals surface area (Å²) in [5.41, 5.74) is 8.64. The first-order valence-electron chi connectivity index (χ1n) is 19.7. The van der Waals surface area contributed by atoms with Gasteiger partial charge in [-0.1, -0.05) is 132 Å². The van der Waals surface area contributed by atoms with Gasteiger partial charge in [0.15, 0.2) is 0 Å². The van der Waals surface area contributed by atoms with E-state index in [1.807, 2.05) is 24.3 Å². The van der Waals surface area contributed by atoms with E-state index in [9.17, 15) is 0 Å². The summed E-state index contributed by atoms with van der Waals surface area (Å²) < 4.78 is 33.8. The zero-order valence-corrected chi connectivity index (χ0v) is 39.0. The smallest absolute Gasteiger partial charge is 0.275 e. The molecule has 0 fully saturated rings. The molecule has 0 aliphatic carbocycles. The fourth-order valence-electron chi connectivity index (χ4n) is 6.95. The van der Waals surface area contributed by atoms with Crippen LogP contribution in [0.15, 0.2) is 60.7 Å². The van der Waals surface area contributed by atoms with Crippen molar-refractivity contribution >= 4 is 18.1 Å². The molecule has 0 heterocycles. The van der Waals surface area contributed by atoms with Gasteiger partial charge < -0.3 is 22.8 Å². The number of ether oxygens (including phenoxy) is 1. The van der Waals surface area contributed by atoms with Gasteiger partial charge in [0.1, 0.15) is 34.3 Å². The molecule has 0 radical (unpaired) electrons. The highest BCUT2D eigenvalue weighted by atomic mass is 31.1. The minimum atomic E-state index is -0.428. The topological polar surface area (TPSA) is 46.2 Å². The molecule has 0 bridgehead atoms. The first kappa shape index (κ1) is 44.5. The lowest BCUT2D eigenvalue weighted by molar-refractivity contribution is 0.129. The Hall–Kier alpha value is -3.26. The Kier molecular flexibility index (Phi) is 13.8. The molecule has 0 saturated heterocycles. The lowest BCUT2D eigenvalue weighted by atomic mass is 9.74. The molecule has 2 unspecified atom stereocenters. The van der Waals surface area contributed by atoms with E-state index in [0.29, 0.717) is 11.8 Å². The van der Waals surface area contributed by atoms with E-state index in [4.69, 9.17) is 22.8 Å². The highest BCUT2D eigenvalue weighted by Crippen LogP contribution is 2.55. The highest BCUT2D eigenvalue weighted by molar-refractivity contribution is 7.27. The van der Waals surface area contributed by atoms with E-state index >= 15 is 0 Å². The van der Waals surface area contributed by atoms with Gasteiger partial charge in [-0.25, -0.2) is 0 Å². The van der Waals surface area contributed by atoms with Crippen molar-refractivity contribution in [1.82, 2.24) is 0 Å². The van der Waals surface area contributed by atoms with Gasteiger partial charge >= 0.3 is 0 Å². The predicted molar refractivity (Wildman–Crippen MR) is 238 cm³/mol. The van der Waals surface area contributed by atoms with Crippen LogP contribution in [-0.4, -0.2) is 5.60 Å². The maximum absolute atomic E-state index is 7.01. The Balaban J connectivity index is 2.09. The minimum absolute atomic E-state index is 0.154. The molecule has 55 heavy (non-hydrogen) atoms. The maximum Gasteiger partial charge on any atom is 0.275 e. The molecule has 5 nitrogen and oxygen atoms in total. The van der Waals surface area contributed by atoms with Crippen molar-refractivity contribution < 1.29 is 22.8 Å².